The van der Waals surface area contributed by atoms with Gasteiger partial charge in [-0.3, -0.25) is 0 Å². The van der Waals surface area contributed by atoms with Crippen LogP contribution in [0.5, 0.6) is 0 Å². The monoisotopic (exact) mass is 341 g/mol. The topological polar surface area (TPSA) is 102 Å². The Balaban J connectivity index is 1.80. The number of benzene rings is 1. The molecule has 126 valence electrons. The lowest BCUT2D eigenvalue weighted by Gasteiger charge is -2.47. The zero-order valence-electron chi connectivity index (χ0n) is 12.6. The summed E-state index contributed by atoms with van der Waals surface area (Å²) in [6.45, 7) is 1.05. The maximum absolute atomic E-state index is 12.6. The maximum Gasteiger partial charge on any atom is 0.335 e. The van der Waals surface area contributed by atoms with E-state index in [1.54, 1.807) is 7.11 Å². The predicted octanol–water partition coefficient (Wildman–Crippen LogP) is 0.713. The fraction of sp³-hybridized carbons (Fsp3) is 0.533. The Bertz CT molecular complexity index is 704. The molecule has 1 saturated carbocycles. The molecule has 1 heterocycles. The Labute approximate surface area is 134 Å². The second kappa shape index (κ2) is 6.20. The van der Waals surface area contributed by atoms with Crippen molar-refractivity contribution in [2.75, 3.05) is 20.3 Å². The van der Waals surface area contributed by atoms with Crippen LogP contribution in [0.4, 0.5) is 0 Å². The summed E-state index contributed by atoms with van der Waals surface area (Å²) >= 11 is 0. The van der Waals surface area contributed by atoms with Gasteiger partial charge < -0.3 is 14.6 Å². The second-order valence-corrected chi connectivity index (χ2v) is 7.60. The number of methoxy groups -OCH3 is 1. The lowest BCUT2D eigenvalue weighted by Crippen LogP contribution is -2.62. The minimum atomic E-state index is -3.79. The molecule has 1 aliphatic heterocycles. The number of sulfonamides is 1. The zero-order valence-corrected chi connectivity index (χ0v) is 13.5. The average molecular weight is 341 g/mol. The van der Waals surface area contributed by atoms with Crippen LogP contribution in [0.15, 0.2) is 29.2 Å². The van der Waals surface area contributed by atoms with Gasteiger partial charge in [-0.15, -0.1) is 0 Å². The smallest absolute Gasteiger partial charge is 0.335 e. The molecule has 0 unspecified atom stereocenters. The van der Waals surface area contributed by atoms with Gasteiger partial charge in [0, 0.05) is 31.6 Å². The van der Waals surface area contributed by atoms with Crippen LogP contribution in [0.25, 0.3) is 0 Å². The van der Waals surface area contributed by atoms with Gasteiger partial charge in [0.1, 0.15) is 0 Å². The van der Waals surface area contributed by atoms with E-state index in [2.05, 4.69) is 4.72 Å². The first-order valence-corrected chi connectivity index (χ1v) is 8.88. The summed E-state index contributed by atoms with van der Waals surface area (Å²) in [5.41, 5.74) is -0.0583. The summed E-state index contributed by atoms with van der Waals surface area (Å²) in [4.78, 5) is 11.0. The minimum Gasteiger partial charge on any atom is -0.478 e. The molecule has 2 fully saturated rings. The Morgan fingerprint density at radius 1 is 1.48 bits per heavy atom. The number of aromatic carboxylic acids is 1. The molecule has 0 radical (unpaired) electrons. The molecule has 4 atom stereocenters. The first kappa shape index (κ1) is 16.4. The van der Waals surface area contributed by atoms with Gasteiger partial charge in [-0.1, -0.05) is 6.07 Å². The standard InChI is InChI=1S/C15H19NO6S/c1-21-8-12-13(11-5-6-22-14(11)12)16-23(19,20)10-4-2-3-9(7-10)15(17)18/h2-4,7,11-14,16H,5-6,8H2,1H3,(H,17,18)/t11-,12+,13-,14-/m0/s1. The van der Waals surface area contributed by atoms with Gasteiger partial charge in [-0.25, -0.2) is 17.9 Å². The highest BCUT2D eigenvalue weighted by Crippen LogP contribution is 2.44. The van der Waals surface area contributed by atoms with E-state index in [1.807, 2.05) is 0 Å². The van der Waals surface area contributed by atoms with E-state index in [4.69, 9.17) is 14.6 Å². The summed E-state index contributed by atoms with van der Waals surface area (Å²) in [5.74, 6) is -1.04. The Morgan fingerprint density at radius 2 is 2.26 bits per heavy atom. The fourth-order valence-electron chi connectivity index (χ4n) is 3.44. The lowest BCUT2D eigenvalue weighted by atomic mass is 9.68. The van der Waals surface area contributed by atoms with Gasteiger partial charge in [0.15, 0.2) is 0 Å². The van der Waals surface area contributed by atoms with E-state index in [0.717, 1.165) is 12.5 Å². The normalized spacial score (nSPS) is 29.8. The van der Waals surface area contributed by atoms with Gasteiger partial charge in [0.05, 0.1) is 23.2 Å². The van der Waals surface area contributed by atoms with Crippen LogP contribution >= 0.6 is 0 Å². The molecule has 3 rings (SSSR count). The third kappa shape index (κ3) is 2.99. The van der Waals surface area contributed by atoms with Crippen molar-refractivity contribution in [1.29, 1.82) is 0 Å². The Kier molecular flexibility index (Phi) is 4.41. The van der Waals surface area contributed by atoms with Crippen LogP contribution in [-0.2, 0) is 19.5 Å². The molecule has 8 heteroatoms. The molecular formula is C15H19NO6S. The van der Waals surface area contributed by atoms with Crippen molar-refractivity contribution >= 4 is 16.0 Å². The van der Waals surface area contributed by atoms with Crippen LogP contribution in [0.3, 0.4) is 0 Å². The van der Waals surface area contributed by atoms with Crippen LogP contribution < -0.4 is 4.72 Å². The number of fused-ring (bicyclic) bond motifs is 1. The van der Waals surface area contributed by atoms with Gasteiger partial charge >= 0.3 is 5.97 Å². The molecule has 0 amide bonds. The predicted molar refractivity (Wildman–Crippen MR) is 80.7 cm³/mol. The molecule has 2 aliphatic rings. The summed E-state index contributed by atoms with van der Waals surface area (Å²) in [6.07, 6.45) is 0.848. The van der Waals surface area contributed by atoms with Crippen molar-refractivity contribution in [2.24, 2.45) is 11.8 Å². The summed E-state index contributed by atoms with van der Waals surface area (Å²) < 4.78 is 38.6. The lowest BCUT2D eigenvalue weighted by molar-refractivity contribution is -0.0775. The first-order valence-electron chi connectivity index (χ1n) is 7.40. The van der Waals surface area contributed by atoms with Crippen LogP contribution in [0.1, 0.15) is 16.8 Å². The van der Waals surface area contributed by atoms with E-state index in [1.165, 1.54) is 18.2 Å². The SMILES string of the molecule is COC[C@@H]1[C@@H](NS(=O)(=O)c2cccc(C(=O)O)c2)[C@@H]2CCO[C@H]12. The highest BCUT2D eigenvalue weighted by Gasteiger charge is 2.54. The molecule has 0 bridgehead atoms. The number of carboxylic acid groups (broad SMARTS) is 1. The van der Waals surface area contributed by atoms with E-state index in [-0.39, 0.29) is 34.4 Å². The largest absolute Gasteiger partial charge is 0.478 e. The van der Waals surface area contributed by atoms with Gasteiger partial charge in [0.2, 0.25) is 10.0 Å². The molecule has 7 nitrogen and oxygen atoms in total. The number of nitrogens with one attached hydrogen (secondary N) is 1. The highest BCUT2D eigenvalue weighted by molar-refractivity contribution is 7.89. The molecule has 23 heavy (non-hydrogen) atoms. The molecule has 0 aromatic heterocycles. The van der Waals surface area contributed by atoms with Crippen molar-refractivity contribution in [3.05, 3.63) is 29.8 Å². The van der Waals surface area contributed by atoms with Gasteiger partial charge in [-0.2, -0.15) is 0 Å². The van der Waals surface area contributed by atoms with Crippen molar-refractivity contribution < 1.29 is 27.8 Å². The number of carbonyl (C=O) groups is 1. The summed E-state index contributed by atoms with van der Waals surface area (Å²) in [6, 6.07) is 5.09. The molecule has 1 aliphatic carbocycles. The minimum absolute atomic E-state index is 0.0232. The number of hydrogen-bond donors (Lipinski definition) is 2. The van der Waals surface area contributed by atoms with Crippen molar-refractivity contribution in [3.8, 4) is 0 Å². The Morgan fingerprint density at radius 3 is 2.96 bits per heavy atom. The van der Waals surface area contributed by atoms with Crippen molar-refractivity contribution in [2.45, 2.75) is 23.5 Å². The maximum atomic E-state index is 12.6. The van der Waals surface area contributed by atoms with E-state index < -0.39 is 16.0 Å². The number of rotatable bonds is 6. The van der Waals surface area contributed by atoms with Crippen LogP contribution in [-0.4, -0.2) is 52.0 Å². The molecular weight excluding hydrogens is 322 g/mol. The van der Waals surface area contributed by atoms with Crippen molar-refractivity contribution in [3.63, 3.8) is 0 Å². The van der Waals surface area contributed by atoms with Crippen LogP contribution in [0.2, 0.25) is 0 Å². The van der Waals surface area contributed by atoms with E-state index >= 15 is 0 Å². The molecule has 0 spiro atoms. The highest BCUT2D eigenvalue weighted by atomic mass is 32.2. The third-order valence-corrected chi connectivity index (χ3v) is 6.03. The van der Waals surface area contributed by atoms with E-state index in [0.29, 0.717) is 13.2 Å². The van der Waals surface area contributed by atoms with E-state index in [9.17, 15) is 13.2 Å². The van der Waals surface area contributed by atoms with Gasteiger partial charge in [-0.05, 0) is 24.6 Å². The Hall–Kier alpha value is -1.48. The van der Waals surface area contributed by atoms with Crippen LogP contribution in [0, 0.1) is 11.8 Å². The van der Waals surface area contributed by atoms with Crippen molar-refractivity contribution in [1.82, 2.24) is 4.72 Å². The summed E-state index contributed by atoms with van der Waals surface area (Å²) in [5, 5.41) is 9.00. The third-order valence-electron chi connectivity index (χ3n) is 4.57. The number of ether oxygens (including phenoxy) is 2. The quantitative estimate of drug-likeness (QED) is 0.790. The van der Waals surface area contributed by atoms with Gasteiger partial charge in [0.25, 0.3) is 0 Å². The molecule has 2 N–H and O–H groups in total. The number of hydrogen-bond acceptors (Lipinski definition) is 5. The summed E-state index contributed by atoms with van der Waals surface area (Å²) in [7, 11) is -2.22. The number of carboxylic acids is 1. The molecule has 1 saturated heterocycles. The first-order chi connectivity index (χ1) is 10.9. The zero-order chi connectivity index (χ0) is 16.6. The average Bonchev–Trinajstić information content (AvgIpc) is 2.95. The fourth-order valence-corrected chi connectivity index (χ4v) is 4.82. The molecule has 1 aromatic carbocycles. The second-order valence-electron chi connectivity index (χ2n) is 5.89. The molecule has 1 aromatic rings.